The molecule has 2 aromatic carbocycles. The molecule has 0 saturated heterocycles. The summed E-state index contributed by atoms with van der Waals surface area (Å²) in [6.45, 7) is 3.42. The van der Waals surface area contributed by atoms with E-state index in [9.17, 15) is 5.11 Å². The van der Waals surface area contributed by atoms with Gasteiger partial charge in [-0.25, -0.2) is 0 Å². The van der Waals surface area contributed by atoms with Crippen molar-refractivity contribution in [2.24, 2.45) is 0 Å². The zero-order valence-electron chi connectivity index (χ0n) is 14.4. The maximum Gasteiger partial charge on any atom is 0.206 e. The number of benzene rings is 2. The molecule has 0 radical (unpaired) electrons. The summed E-state index contributed by atoms with van der Waals surface area (Å²) in [5, 5.41) is 25.3. The van der Waals surface area contributed by atoms with Gasteiger partial charge in [0.25, 0.3) is 0 Å². The summed E-state index contributed by atoms with van der Waals surface area (Å²) < 4.78 is 3.09. The van der Waals surface area contributed by atoms with Crippen LogP contribution in [0.1, 0.15) is 6.92 Å². The number of aliphatic hydroxyl groups excluding tert-OH is 1. The van der Waals surface area contributed by atoms with Gasteiger partial charge in [0, 0.05) is 34.1 Å². The number of fused-ring (bicyclic) bond motifs is 3. The lowest BCUT2D eigenvalue weighted by Crippen LogP contribution is -2.18. The topological polar surface area (TPSA) is 63.0 Å². The highest BCUT2D eigenvalue weighted by molar-refractivity contribution is 8.01. The second kappa shape index (κ2) is 7.65. The molecule has 1 unspecified atom stereocenters. The molecule has 0 fully saturated rings. The van der Waals surface area contributed by atoms with Crippen molar-refractivity contribution in [3.63, 3.8) is 0 Å². The molecule has 0 bridgehead atoms. The number of thioether (sulfide) groups is 1. The van der Waals surface area contributed by atoms with Crippen molar-refractivity contribution in [1.82, 2.24) is 14.8 Å². The molecule has 4 rings (SSSR count). The number of hydrogen-bond donors (Lipinski definition) is 2. The number of nitrogens with zero attached hydrogens (tertiary/aromatic N) is 3. The van der Waals surface area contributed by atoms with Crippen molar-refractivity contribution in [2.45, 2.75) is 23.9 Å². The molecular weight excluding hydrogens is 364 g/mol. The summed E-state index contributed by atoms with van der Waals surface area (Å²) in [7, 11) is 0. The first kappa shape index (κ1) is 17.3. The minimum Gasteiger partial charge on any atom is -0.390 e. The second-order valence-corrected chi connectivity index (χ2v) is 8.26. The van der Waals surface area contributed by atoms with Crippen molar-refractivity contribution in [1.29, 1.82) is 0 Å². The van der Waals surface area contributed by atoms with Gasteiger partial charge in [0.1, 0.15) is 0 Å². The second-order valence-electron chi connectivity index (χ2n) is 6.01. The van der Waals surface area contributed by atoms with E-state index in [4.69, 9.17) is 0 Å². The smallest absolute Gasteiger partial charge is 0.206 e. The summed E-state index contributed by atoms with van der Waals surface area (Å²) in [4.78, 5) is 0. The highest BCUT2D eigenvalue weighted by atomic mass is 32.2. The normalized spacial score (nSPS) is 12.7. The van der Waals surface area contributed by atoms with Crippen LogP contribution < -0.4 is 5.32 Å². The Hall–Kier alpha value is -2.09. The minimum atomic E-state index is -0.467. The maximum absolute atomic E-state index is 10.6. The Morgan fingerprint density at radius 3 is 2.38 bits per heavy atom. The summed E-state index contributed by atoms with van der Waals surface area (Å²) in [6, 6.07) is 16.7. The number of nitrogens with one attached hydrogen (secondary N) is 1. The first-order chi connectivity index (χ1) is 12.8. The van der Waals surface area contributed by atoms with E-state index in [0.29, 0.717) is 12.3 Å². The van der Waals surface area contributed by atoms with E-state index in [1.54, 1.807) is 11.8 Å². The highest BCUT2D eigenvalue weighted by Gasteiger charge is 2.14. The molecule has 0 aliphatic heterocycles. The minimum absolute atomic E-state index is 0.467. The average molecular weight is 385 g/mol. The van der Waals surface area contributed by atoms with E-state index in [1.165, 1.54) is 22.1 Å². The first-order valence-electron chi connectivity index (χ1n) is 8.60. The van der Waals surface area contributed by atoms with Crippen molar-refractivity contribution in [2.75, 3.05) is 17.6 Å². The lowest BCUT2D eigenvalue weighted by molar-refractivity contribution is 0.181. The standard InChI is InChI=1S/C19H20N4OS2/c1-2-20-18-21-22-19(26-18)25-12-13(24)11-23-16-9-5-3-7-14(16)15-8-4-6-10-17(15)23/h3-10,13,24H,2,11-12H2,1H3,(H,20,21). The molecule has 0 aliphatic rings. The summed E-state index contributed by atoms with van der Waals surface area (Å²) in [5.41, 5.74) is 2.31. The van der Waals surface area contributed by atoms with Crippen LogP contribution in [-0.2, 0) is 6.54 Å². The predicted molar refractivity (Wildman–Crippen MR) is 110 cm³/mol. The zero-order chi connectivity index (χ0) is 17.9. The maximum atomic E-state index is 10.6. The number of aliphatic hydroxyl groups is 1. The SMILES string of the molecule is CCNc1nnc(SCC(O)Cn2c3ccccc3c3ccccc32)s1. The van der Waals surface area contributed by atoms with Gasteiger partial charge in [-0.05, 0) is 19.1 Å². The third kappa shape index (κ3) is 3.42. The molecule has 7 heteroatoms. The van der Waals surface area contributed by atoms with Crippen LogP contribution in [-0.4, -0.2) is 38.3 Å². The molecule has 0 aliphatic carbocycles. The van der Waals surface area contributed by atoms with Gasteiger partial charge in [-0.1, -0.05) is 59.5 Å². The van der Waals surface area contributed by atoms with Gasteiger partial charge in [-0.3, -0.25) is 0 Å². The van der Waals surface area contributed by atoms with Crippen LogP contribution in [0.4, 0.5) is 5.13 Å². The summed E-state index contributed by atoms with van der Waals surface area (Å²) in [5.74, 6) is 0.585. The van der Waals surface area contributed by atoms with Crippen LogP contribution in [0.15, 0.2) is 52.9 Å². The lowest BCUT2D eigenvalue weighted by atomic mass is 10.2. The van der Waals surface area contributed by atoms with Crippen LogP contribution in [0.3, 0.4) is 0 Å². The van der Waals surface area contributed by atoms with E-state index in [2.05, 4.69) is 56.5 Å². The van der Waals surface area contributed by atoms with Crippen molar-refractivity contribution >= 4 is 50.0 Å². The molecule has 2 aromatic heterocycles. The van der Waals surface area contributed by atoms with Crippen LogP contribution >= 0.6 is 23.1 Å². The fourth-order valence-corrected chi connectivity index (χ4v) is 4.88. The number of anilines is 1. The van der Waals surface area contributed by atoms with Gasteiger partial charge in [0.15, 0.2) is 4.34 Å². The average Bonchev–Trinajstić information content (AvgIpc) is 3.24. The van der Waals surface area contributed by atoms with E-state index in [0.717, 1.165) is 27.0 Å². The monoisotopic (exact) mass is 384 g/mol. The largest absolute Gasteiger partial charge is 0.390 e. The Morgan fingerprint density at radius 2 is 1.73 bits per heavy atom. The van der Waals surface area contributed by atoms with Crippen molar-refractivity contribution in [3.8, 4) is 0 Å². The van der Waals surface area contributed by atoms with Gasteiger partial charge >= 0.3 is 0 Å². The molecule has 0 saturated carbocycles. The predicted octanol–water partition coefficient (Wildman–Crippen LogP) is 4.23. The molecule has 1 atom stereocenters. The summed E-state index contributed by atoms with van der Waals surface area (Å²) >= 11 is 3.07. The number of aromatic nitrogens is 3. The van der Waals surface area contributed by atoms with Gasteiger partial charge in [-0.2, -0.15) is 0 Å². The highest BCUT2D eigenvalue weighted by Crippen LogP contribution is 2.30. The lowest BCUT2D eigenvalue weighted by Gasteiger charge is -2.13. The van der Waals surface area contributed by atoms with Crippen LogP contribution in [0.2, 0.25) is 0 Å². The molecule has 2 heterocycles. The fraction of sp³-hybridized carbons (Fsp3) is 0.263. The molecule has 2 N–H and O–H groups in total. The van der Waals surface area contributed by atoms with Crippen LogP contribution in [0, 0.1) is 0 Å². The molecule has 0 spiro atoms. The van der Waals surface area contributed by atoms with E-state index < -0.39 is 6.10 Å². The summed E-state index contributed by atoms with van der Waals surface area (Å²) in [6.07, 6.45) is -0.467. The Balaban J connectivity index is 1.52. The molecule has 26 heavy (non-hydrogen) atoms. The van der Waals surface area contributed by atoms with Crippen LogP contribution in [0.25, 0.3) is 21.8 Å². The number of para-hydroxylation sites is 2. The van der Waals surface area contributed by atoms with Crippen molar-refractivity contribution < 1.29 is 5.11 Å². The van der Waals surface area contributed by atoms with Gasteiger partial charge in [0.2, 0.25) is 5.13 Å². The number of hydrogen-bond acceptors (Lipinski definition) is 6. The third-order valence-electron chi connectivity index (χ3n) is 4.21. The van der Waals surface area contributed by atoms with Gasteiger partial charge in [-0.15, -0.1) is 10.2 Å². The van der Waals surface area contributed by atoms with E-state index in [-0.39, 0.29) is 0 Å². The van der Waals surface area contributed by atoms with E-state index in [1.807, 2.05) is 19.1 Å². The molecule has 0 amide bonds. The molecule has 5 nitrogen and oxygen atoms in total. The Kier molecular flexibility index (Phi) is 5.10. The Morgan fingerprint density at radius 1 is 1.08 bits per heavy atom. The van der Waals surface area contributed by atoms with Crippen LogP contribution in [0.5, 0.6) is 0 Å². The van der Waals surface area contributed by atoms with Gasteiger partial charge < -0.3 is 15.0 Å². The fourth-order valence-electron chi connectivity index (χ4n) is 3.12. The number of rotatable bonds is 7. The first-order valence-corrected chi connectivity index (χ1v) is 10.4. The van der Waals surface area contributed by atoms with E-state index >= 15 is 0 Å². The zero-order valence-corrected chi connectivity index (χ0v) is 16.1. The molecule has 134 valence electrons. The molecular formula is C19H20N4OS2. The molecule has 4 aromatic rings. The third-order valence-corrected chi connectivity index (χ3v) is 6.37. The quantitative estimate of drug-likeness (QED) is 0.467. The Bertz CT molecular complexity index is 973. The van der Waals surface area contributed by atoms with Crippen molar-refractivity contribution in [3.05, 3.63) is 48.5 Å². The Labute approximate surface area is 160 Å². The van der Waals surface area contributed by atoms with Gasteiger partial charge in [0.05, 0.1) is 12.6 Å².